The van der Waals surface area contributed by atoms with Crippen LogP contribution in [-0.2, 0) is 0 Å². The Labute approximate surface area is 168 Å². The maximum atomic E-state index is 6.07. The smallest absolute Gasteiger partial charge is 0.209 e. The molecule has 4 nitrogen and oxygen atoms in total. The summed E-state index contributed by atoms with van der Waals surface area (Å²) in [5.41, 5.74) is 5.31. The van der Waals surface area contributed by atoms with Gasteiger partial charge in [-0.3, -0.25) is 4.57 Å². The van der Waals surface area contributed by atoms with Gasteiger partial charge < -0.3 is 10.1 Å². The Morgan fingerprint density at radius 2 is 1.71 bits per heavy atom. The van der Waals surface area contributed by atoms with Gasteiger partial charge in [-0.2, -0.15) is 0 Å². The van der Waals surface area contributed by atoms with Crippen molar-refractivity contribution in [3.63, 3.8) is 0 Å². The van der Waals surface area contributed by atoms with Gasteiger partial charge in [0.25, 0.3) is 0 Å². The van der Waals surface area contributed by atoms with Crippen LogP contribution in [0.15, 0.2) is 78.9 Å². The van der Waals surface area contributed by atoms with Gasteiger partial charge in [0.1, 0.15) is 5.75 Å². The maximum Gasteiger partial charge on any atom is 0.209 e. The van der Waals surface area contributed by atoms with Crippen molar-refractivity contribution < 1.29 is 4.74 Å². The number of aromatic nitrogens is 2. The highest BCUT2D eigenvalue weighted by Gasteiger charge is 2.25. The normalized spacial score (nSPS) is 15.6. The first-order chi connectivity index (χ1) is 13.7. The third kappa shape index (κ3) is 2.83. The van der Waals surface area contributed by atoms with E-state index in [0.29, 0.717) is 0 Å². The van der Waals surface area contributed by atoms with Gasteiger partial charge in [0.2, 0.25) is 5.95 Å². The minimum absolute atomic E-state index is 0.0141. The molecule has 5 heteroatoms. The second-order valence-electron chi connectivity index (χ2n) is 6.72. The largest absolute Gasteiger partial charge is 0.497 e. The zero-order valence-corrected chi connectivity index (χ0v) is 16.0. The first kappa shape index (κ1) is 16.9. The molecule has 0 saturated heterocycles. The number of halogens is 1. The predicted octanol–water partition coefficient (Wildman–Crippen LogP) is 5.75. The Kier molecular flexibility index (Phi) is 4.06. The van der Waals surface area contributed by atoms with Crippen molar-refractivity contribution in [2.24, 2.45) is 0 Å². The number of nitrogens with one attached hydrogen (secondary N) is 1. The van der Waals surface area contributed by atoms with Gasteiger partial charge in [-0.1, -0.05) is 48.0 Å². The van der Waals surface area contributed by atoms with Crippen molar-refractivity contribution in [3.8, 4) is 5.75 Å². The van der Waals surface area contributed by atoms with Crippen LogP contribution in [0.5, 0.6) is 5.75 Å². The Hall–Kier alpha value is -3.24. The molecule has 138 valence electrons. The van der Waals surface area contributed by atoms with Crippen LogP contribution in [0.1, 0.15) is 17.2 Å². The van der Waals surface area contributed by atoms with Crippen LogP contribution < -0.4 is 10.1 Å². The first-order valence-corrected chi connectivity index (χ1v) is 9.46. The van der Waals surface area contributed by atoms with Gasteiger partial charge in [0.05, 0.1) is 24.2 Å². The lowest BCUT2D eigenvalue weighted by molar-refractivity contribution is 0.414. The average molecular weight is 388 g/mol. The molecule has 5 rings (SSSR count). The molecule has 4 aromatic rings. The fourth-order valence-corrected chi connectivity index (χ4v) is 3.78. The SMILES string of the molecule is COc1ccc([C@@H]2C=C(c3ccc(Cl)cc3)Nc3nc4ccccc4n32)cc1. The molecule has 1 N–H and O–H groups in total. The molecule has 0 radical (unpaired) electrons. The molecule has 0 bridgehead atoms. The van der Waals surface area contributed by atoms with Crippen LogP contribution in [0.4, 0.5) is 5.95 Å². The number of rotatable bonds is 3. The van der Waals surface area contributed by atoms with Gasteiger partial charge in [-0.05, 0) is 53.6 Å². The van der Waals surface area contributed by atoms with E-state index in [-0.39, 0.29) is 6.04 Å². The zero-order chi connectivity index (χ0) is 19.1. The fourth-order valence-electron chi connectivity index (χ4n) is 3.65. The van der Waals surface area contributed by atoms with E-state index in [1.807, 2.05) is 54.6 Å². The van der Waals surface area contributed by atoms with Crippen molar-refractivity contribution in [2.75, 3.05) is 12.4 Å². The van der Waals surface area contributed by atoms with E-state index in [4.69, 9.17) is 21.3 Å². The van der Waals surface area contributed by atoms with Crippen molar-refractivity contribution in [1.29, 1.82) is 0 Å². The van der Waals surface area contributed by atoms with Gasteiger partial charge in [-0.25, -0.2) is 4.98 Å². The number of methoxy groups -OCH3 is 1. The summed E-state index contributed by atoms with van der Waals surface area (Å²) in [5.74, 6) is 1.67. The Bertz CT molecular complexity index is 1180. The third-order valence-electron chi connectivity index (χ3n) is 5.06. The number of fused-ring (bicyclic) bond motifs is 3. The second-order valence-corrected chi connectivity index (χ2v) is 7.16. The summed E-state index contributed by atoms with van der Waals surface area (Å²) >= 11 is 6.07. The first-order valence-electron chi connectivity index (χ1n) is 9.08. The lowest BCUT2D eigenvalue weighted by atomic mass is 10.0. The van der Waals surface area contributed by atoms with Crippen molar-refractivity contribution >= 4 is 34.3 Å². The topological polar surface area (TPSA) is 39.1 Å². The molecule has 1 atom stereocenters. The standard InChI is InChI=1S/C23H18ClN3O/c1-28-18-12-8-16(9-13-18)22-14-20(15-6-10-17(24)11-7-15)26-23-25-19-4-2-3-5-21(19)27(22)23/h2-14,22H,1H3,(H,25,26)/t22-/m0/s1. The summed E-state index contributed by atoms with van der Waals surface area (Å²) in [4.78, 5) is 4.82. The summed E-state index contributed by atoms with van der Waals surface area (Å²) in [6, 6.07) is 24.2. The molecule has 0 aliphatic carbocycles. The van der Waals surface area contributed by atoms with E-state index in [1.54, 1.807) is 7.11 Å². The minimum Gasteiger partial charge on any atom is -0.497 e. The summed E-state index contributed by atoms with van der Waals surface area (Å²) in [5, 5.41) is 4.21. The van der Waals surface area contributed by atoms with Crippen LogP contribution in [0.3, 0.4) is 0 Å². The second kappa shape index (κ2) is 6.73. The number of hydrogen-bond acceptors (Lipinski definition) is 3. The van der Waals surface area contributed by atoms with Crippen LogP contribution >= 0.6 is 11.6 Å². The number of allylic oxidation sites excluding steroid dienone is 1. The quantitative estimate of drug-likeness (QED) is 0.486. The van der Waals surface area contributed by atoms with Crippen molar-refractivity contribution in [3.05, 3.63) is 95.0 Å². The minimum atomic E-state index is 0.0141. The number of hydrogen-bond donors (Lipinski definition) is 1. The molecule has 2 heterocycles. The van der Waals surface area contributed by atoms with Gasteiger partial charge in [0, 0.05) is 10.7 Å². The molecule has 0 spiro atoms. The number of benzene rings is 3. The highest BCUT2D eigenvalue weighted by Crippen LogP contribution is 2.37. The molecule has 0 amide bonds. The molecule has 1 aliphatic heterocycles. The lowest BCUT2D eigenvalue weighted by Crippen LogP contribution is -2.19. The molecular weight excluding hydrogens is 370 g/mol. The molecule has 28 heavy (non-hydrogen) atoms. The van der Waals surface area contributed by atoms with Crippen LogP contribution in [0.25, 0.3) is 16.7 Å². The number of para-hydroxylation sites is 2. The summed E-state index contributed by atoms with van der Waals surface area (Å²) in [7, 11) is 1.68. The van der Waals surface area contributed by atoms with E-state index >= 15 is 0 Å². The van der Waals surface area contributed by atoms with E-state index in [1.165, 1.54) is 0 Å². The number of imidazole rings is 1. The molecule has 3 aromatic carbocycles. The summed E-state index contributed by atoms with van der Waals surface area (Å²) in [6.07, 6.45) is 2.23. The number of anilines is 1. The molecule has 1 aromatic heterocycles. The fraction of sp³-hybridized carbons (Fsp3) is 0.0870. The lowest BCUT2D eigenvalue weighted by Gasteiger charge is -2.26. The van der Waals surface area contributed by atoms with Gasteiger partial charge >= 0.3 is 0 Å². The highest BCUT2D eigenvalue weighted by molar-refractivity contribution is 6.30. The van der Waals surface area contributed by atoms with Crippen LogP contribution in [-0.4, -0.2) is 16.7 Å². The van der Waals surface area contributed by atoms with E-state index in [2.05, 4.69) is 34.2 Å². The number of ether oxygens (including phenoxy) is 1. The van der Waals surface area contributed by atoms with Crippen LogP contribution in [0, 0.1) is 0 Å². The maximum absolute atomic E-state index is 6.07. The Morgan fingerprint density at radius 1 is 0.964 bits per heavy atom. The molecular formula is C23H18ClN3O. The van der Waals surface area contributed by atoms with Crippen LogP contribution in [0.2, 0.25) is 5.02 Å². The Morgan fingerprint density at radius 3 is 2.46 bits per heavy atom. The molecule has 0 saturated carbocycles. The van der Waals surface area contributed by atoms with E-state index < -0.39 is 0 Å². The average Bonchev–Trinajstić information content (AvgIpc) is 3.12. The molecule has 0 fully saturated rings. The number of nitrogens with zero attached hydrogens (tertiary/aromatic N) is 2. The summed E-state index contributed by atoms with van der Waals surface area (Å²) < 4.78 is 7.56. The predicted molar refractivity (Wildman–Crippen MR) is 114 cm³/mol. The molecule has 1 aliphatic rings. The van der Waals surface area contributed by atoms with Gasteiger partial charge in [0.15, 0.2) is 0 Å². The third-order valence-corrected chi connectivity index (χ3v) is 5.31. The van der Waals surface area contributed by atoms with Crippen molar-refractivity contribution in [2.45, 2.75) is 6.04 Å². The highest BCUT2D eigenvalue weighted by atomic mass is 35.5. The monoisotopic (exact) mass is 387 g/mol. The summed E-state index contributed by atoms with van der Waals surface area (Å²) in [6.45, 7) is 0. The van der Waals surface area contributed by atoms with E-state index in [9.17, 15) is 0 Å². The van der Waals surface area contributed by atoms with Crippen molar-refractivity contribution in [1.82, 2.24) is 9.55 Å². The van der Waals surface area contributed by atoms with Gasteiger partial charge in [-0.15, -0.1) is 0 Å². The zero-order valence-electron chi connectivity index (χ0n) is 15.3. The van der Waals surface area contributed by atoms with E-state index in [0.717, 1.165) is 44.6 Å². The molecule has 0 unspecified atom stereocenters. The Balaban J connectivity index is 1.68.